The molecular weight excluding hydrogens is 1790 g/mol. The van der Waals surface area contributed by atoms with Crippen molar-refractivity contribution < 1.29 is 13.3 Å². The van der Waals surface area contributed by atoms with Gasteiger partial charge in [-0.1, -0.05) is 449 Å². The first kappa shape index (κ1) is 87.4. The molecule has 28 rings (SSSR count). The Morgan fingerprint density at radius 2 is 0.306 bits per heavy atom. The molecule has 0 atom stereocenters. The predicted molar refractivity (Wildman–Crippen MR) is 605 cm³/mol. The van der Waals surface area contributed by atoms with E-state index >= 15 is 0 Å². The Morgan fingerprint density at radius 3 is 0.619 bits per heavy atom. The molecule has 688 valence electrons. The quantitative estimate of drug-likeness (QED) is 0.0922. The van der Waals surface area contributed by atoms with Crippen LogP contribution in [0.3, 0.4) is 0 Å². The largest absolute Gasteiger partial charge is 0.455 e. The monoisotopic (exact) mass is 1880 g/mol. The highest BCUT2D eigenvalue weighted by atomic mass is 16.3. The zero-order chi connectivity index (χ0) is 97.5. The summed E-state index contributed by atoms with van der Waals surface area (Å²) < 4.78 is 19.9. The standard InChI is InChI=1S/C49H31N3O.2C44H28N2O/c1-4-13-33(14-5-1)43-31-44-41-28-27-39(30-45(41)53-46(44)42-22-11-10-21-40(42)43)38-20-12-19-37(29-38)32-23-25-36(26-24-32)49-51-47(34-15-6-2-7-16-34)50-48(52-49)35-17-8-3-9-18-35;1-4-13-29(14-5-1)38-27-39-36-24-23-33(26-42(36)47-43(39)37-22-11-10-21-35(37)38)32-19-12-20-34(25-32)41-28-40(30-15-6-2-7-16-30)45-44(46-41)31-17-8-3-9-18-31;1-4-12-30(13-5-1)38-27-39-36-25-24-34(26-42(36)47-43(39)37-19-11-10-18-35(37)38)29-20-22-32(23-21-29)41-28-40(31-14-6-2-7-15-31)45-44(46-41)33-16-8-3-9-17-33/h1-31H;2*1-28H. The lowest BCUT2D eigenvalue weighted by Crippen LogP contribution is -2.00. The molecule has 0 saturated carbocycles. The van der Waals surface area contributed by atoms with E-state index in [1.165, 1.54) is 49.5 Å². The van der Waals surface area contributed by atoms with E-state index < -0.39 is 0 Å². The number of rotatable bonds is 16. The predicted octanol–water partition coefficient (Wildman–Crippen LogP) is 36.7. The summed E-state index contributed by atoms with van der Waals surface area (Å²) in [6, 6.07) is 183. The first-order valence-electron chi connectivity index (χ1n) is 49.4. The van der Waals surface area contributed by atoms with Crippen LogP contribution in [0.5, 0.6) is 0 Å². The maximum absolute atomic E-state index is 6.65. The third-order valence-electron chi connectivity index (χ3n) is 27.7. The Balaban J connectivity index is 0.000000112. The molecule has 0 amide bonds. The van der Waals surface area contributed by atoms with E-state index in [1.807, 2.05) is 133 Å². The van der Waals surface area contributed by atoms with Crippen molar-refractivity contribution in [1.82, 2.24) is 34.9 Å². The average Bonchev–Trinajstić information content (AvgIpc) is 1.59. The first-order chi connectivity index (χ1) is 72.8. The highest BCUT2D eigenvalue weighted by Gasteiger charge is 2.24. The van der Waals surface area contributed by atoms with Crippen molar-refractivity contribution in [3.63, 3.8) is 0 Å². The summed E-state index contributed by atoms with van der Waals surface area (Å²) in [5.41, 5.74) is 34.1. The molecule has 0 aliphatic rings. The van der Waals surface area contributed by atoms with Crippen molar-refractivity contribution in [3.8, 4) is 180 Å². The normalized spacial score (nSPS) is 11.4. The van der Waals surface area contributed by atoms with E-state index in [0.29, 0.717) is 29.1 Å². The summed E-state index contributed by atoms with van der Waals surface area (Å²) >= 11 is 0. The fourth-order valence-corrected chi connectivity index (χ4v) is 20.4. The van der Waals surface area contributed by atoms with Crippen molar-refractivity contribution in [3.05, 3.63) is 528 Å². The van der Waals surface area contributed by atoms with Crippen LogP contribution in [0.1, 0.15) is 0 Å². The van der Waals surface area contributed by atoms with Gasteiger partial charge in [0.25, 0.3) is 0 Å². The molecule has 28 aromatic rings. The summed E-state index contributed by atoms with van der Waals surface area (Å²) in [6.45, 7) is 0. The summed E-state index contributed by atoms with van der Waals surface area (Å²) in [5.74, 6) is 3.36. The zero-order valence-corrected chi connectivity index (χ0v) is 79.6. The number of hydrogen-bond donors (Lipinski definition) is 0. The van der Waals surface area contributed by atoms with Crippen molar-refractivity contribution >= 4 is 98.1 Å². The lowest BCUT2D eigenvalue weighted by molar-refractivity contribution is 0.672. The molecule has 0 N–H and O–H groups in total. The van der Waals surface area contributed by atoms with Crippen molar-refractivity contribution in [1.29, 1.82) is 0 Å². The number of fused-ring (bicyclic) bond motifs is 15. The molecule has 22 aromatic carbocycles. The van der Waals surface area contributed by atoms with Gasteiger partial charge in [-0.05, 0) is 173 Å². The second kappa shape index (κ2) is 38.3. The SMILES string of the molecule is c1ccc(-c2cc(-c3ccc(-c4ccc5c(c4)oc4c6ccccc6c(-c6ccccc6)cc54)cc3)nc(-c3ccccc3)n2)cc1.c1ccc(-c2cc(-c3cccc(-c4ccc5c(c4)oc4c6ccccc6c(-c6ccccc6)cc54)c3)nc(-c3ccccc3)n2)cc1.c1ccc(-c2nc(-c3ccccc3)nc(-c3ccc(-c4cccc(-c5ccc6c(c5)oc5c7ccccc7c(-c7ccccc7)cc65)c4)cc3)n2)cc1. The van der Waals surface area contributed by atoms with Gasteiger partial charge in [-0.15, -0.1) is 0 Å². The van der Waals surface area contributed by atoms with E-state index in [4.69, 9.17) is 48.1 Å². The van der Waals surface area contributed by atoms with Gasteiger partial charge in [-0.3, -0.25) is 0 Å². The second-order valence-corrected chi connectivity index (χ2v) is 36.8. The first-order valence-corrected chi connectivity index (χ1v) is 49.4. The molecule has 10 nitrogen and oxygen atoms in total. The topological polar surface area (TPSA) is 130 Å². The molecule has 0 unspecified atom stereocenters. The molecular formula is C137H87N7O3. The van der Waals surface area contributed by atoms with Gasteiger partial charge in [0.1, 0.15) is 33.5 Å². The van der Waals surface area contributed by atoms with E-state index in [-0.39, 0.29) is 0 Å². The molecule has 147 heavy (non-hydrogen) atoms. The second-order valence-electron chi connectivity index (χ2n) is 36.8. The number of hydrogen-bond acceptors (Lipinski definition) is 10. The van der Waals surface area contributed by atoms with E-state index in [1.54, 1.807) is 0 Å². The number of benzene rings is 22. The Bertz CT molecular complexity index is 9630. The number of furan rings is 3. The van der Waals surface area contributed by atoms with Crippen LogP contribution in [0.15, 0.2) is 541 Å². The van der Waals surface area contributed by atoms with Gasteiger partial charge < -0.3 is 13.3 Å². The molecule has 0 fully saturated rings. The minimum absolute atomic E-state index is 0.640. The van der Waals surface area contributed by atoms with E-state index in [2.05, 4.69) is 394 Å². The fourth-order valence-electron chi connectivity index (χ4n) is 20.4. The van der Waals surface area contributed by atoms with E-state index in [9.17, 15) is 0 Å². The zero-order valence-electron chi connectivity index (χ0n) is 79.6. The Hall–Kier alpha value is -19.8. The van der Waals surface area contributed by atoms with Gasteiger partial charge in [0, 0.05) is 98.5 Å². The molecule has 0 saturated heterocycles. The maximum atomic E-state index is 6.65. The van der Waals surface area contributed by atoms with Crippen LogP contribution in [0, 0.1) is 0 Å². The lowest BCUT2D eigenvalue weighted by Gasteiger charge is -2.10. The molecule has 0 spiro atoms. The van der Waals surface area contributed by atoms with Crippen LogP contribution in [-0.2, 0) is 0 Å². The Labute approximate surface area is 848 Å². The van der Waals surface area contributed by atoms with Gasteiger partial charge in [0.2, 0.25) is 0 Å². The molecule has 0 aliphatic carbocycles. The van der Waals surface area contributed by atoms with Crippen LogP contribution in [-0.4, -0.2) is 34.9 Å². The highest BCUT2D eigenvalue weighted by molar-refractivity contribution is 6.22. The molecule has 10 heteroatoms. The van der Waals surface area contributed by atoms with Crippen molar-refractivity contribution in [2.45, 2.75) is 0 Å². The van der Waals surface area contributed by atoms with Crippen molar-refractivity contribution in [2.75, 3.05) is 0 Å². The summed E-state index contributed by atoms with van der Waals surface area (Å²) in [5, 5.41) is 13.7. The Kier molecular flexibility index (Phi) is 22.8. The molecule has 6 aromatic heterocycles. The average molecular weight is 1880 g/mol. The van der Waals surface area contributed by atoms with Crippen LogP contribution in [0.4, 0.5) is 0 Å². The van der Waals surface area contributed by atoms with Gasteiger partial charge >= 0.3 is 0 Å². The minimum atomic E-state index is 0.640. The number of aromatic nitrogens is 7. The smallest absolute Gasteiger partial charge is 0.164 e. The molecule has 0 bridgehead atoms. The van der Waals surface area contributed by atoms with Gasteiger partial charge in [-0.25, -0.2) is 34.9 Å². The third-order valence-corrected chi connectivity index (χ3v) is 27.7. The lowest BCUT2D eigenvalue weighted by atomic mass is 9.95. The summed E-state index contributed by atoms with van der Waals surface area (Å²) in [4.78, 5) is 34.6. The van der Waals surface area contributed by atoms with Gasteiger partial charge in [-0.2, -0.15) is 0 Å². The van der Waals surface area contributed by atoms with Crippen LogP contribution >= 0.6 is 0 Å². The van der Waals surface area contributed by atoms with Crippen molar-refractivity contribution in [2.24, 2.45) is 0 Å². The third kappa shape index (κ3) is 17.2. The van der Waals surface area contributed by atoms with Gasteiger partial charge in [0.15, 0.2) is 29.1 Å². The molecule has 0 aliphatic heterocycles. The molecule has 6 heterocycles. The van der Waals surface area contributed by atoms with Crippen LogP contribution in [0.2, 0.25) is 0 Å². The molecule has 0 radical (unpaired) electrons. The maximum Gasteiger partial charge on any atom is 0.164 e. The summed E-state index contributed by atoms with van der Waals surface area (Å²) in [6.07, 6.45) is 0. The Morgan fingerprint density at radius 1 is 0.109 bits per heavy atom. The summed E-state index contributed by atoms with van der Waals surface area (Å²) in [7, 11) is 0. The highest BCUT2D eigenvalue weighted by Crippen LogP contribution is 2.47. The van der Waals surface area contributed by atoms with Crippen LogP contribution < -0.4 is 0 Å². The fraction of sp³-hybridized carbons (Fsp3) is 0. The minimum Gasteiger partial charge on any atom is -0.455 e. The van der Waals surface area contributed by atoms with Gasteiger partial charge in [0.05, 0.1) is 22.8 Å². The van der Waals surface area contributed by atoms with E-state index in [0.717, 1.165) is 199 Å². The number of nitrogens with zero attached hydrogens (tertiary/aromatic N) is 7. The van der Waals surface area contributed by atoms with Crippen LogP contribution in [0.25, 0.3) is 278 Å².